The predicted molar refractivity (Wildman–Crippen MR) is 104 cm³/mol. The minimum absolute atomic E-state index is 0.0689. The molecule has 1 heterocycles. The van der Waals surface area contributed by atoms with Crippen LogP contribution in [-0.4, -0.2) is 29.8 Å². The van der Waals surface area contributed by atoms with Crippen molar-refractivity contribution < 1.29 is 14.4 Å². The van der Waals surface area contributed by atoms with Gasteiger partial charge in [0.05, 0.1) is 0 Å². The third-order valence-corrected chi connectivity index (χ3v) is 6.12. The average molecular weight is 371 g/mol. The van der Waals surface area contributed by atoms with Gasteiger partial charge in [0.25, 0.3) is 5.91 Å². The summed E-state index contributed by atoms with van der Waals surface area (Å²) in [4.78, 5) is 35.9. The van der Waals surface area contributed by atoms with Crippen molar-refractivity contribution in [1.29, 1.82) is 0 Å². The standard InChI is InChI=1S/C21H29N3O3/c1-4-17-12(2)18-10-9-16(11-19(18)24-21(17)27)23-20(26)14-5-7-15(8-6-14)22-13(3)25/h5-8,12,16-19H,4,9-11H2,1-3H3,(H,22,25)(H,23,26)(H,24,27). The van der Waals surface area contributed by atoms with Gasteiger partial charge in [0.1, 0.15) is 0 Å². The van der Waals surface area contributed by atoms with Gasteiger partial charge in [-0.3, -0.25) is 14.4 Å². The van der Waals surface area contributed by atoms with E-state index in [1.165, 1.54) is 6.92 Å². The maximum Gasteiger partial charge on any atom is 0.251 e. The number of anilines is 1. The van der Waals surface area contributed by atoms with Crippen LogP contribution in [0.15, 0.2) is 24.3 Å². The average Bonchev–Trinajstić information content (AvgIpc) is 2.62. The molecule has 0 spiro atoms. The molecule has 146 valence electrons. The predicted octanol–water partition coefficient (Wildman–Crippen LogP) is 2.70. The largest absolute Gasteiger partial charge is 0.353 e. The van der Waals surface area contributed by atoms with Crippen LogP contribution in [0.1, 0.15) is 56.8 Å². The Kier molecular flexibility index (Phi) is 5.82. The van der Waals surface area contributed by atoms with Crippen LogP contribution in [0.2, 0.25) is 0 Å². The molecule has 3 amide bonds. The lowest BCUT2D eigenvalue weighted by Crippen LogP contribution is -2.58. The van der Waals surface area contributed by atoms with Gasteiger partial charge in [0.2, 0.25) is 11.8 Å². The number of amides is 3. The van der Waals surface area contributed by atoms with E-state index in [0.717, 1.165) is 25.7 Å². The summed E-state index contributed by atoms with van der Waals surface area (Å²) in [6.45, 7) is 5.72. The lowest BCUT2D eigenvalue weighted by Gasteiger charge is -2.46. The van der Waals surface area contributed by atoms with E-state index in [1.54, 1.807) is 24.3 Å². The number of piperidine rings is 1. The number of fused-ring (bicyclic) bond motifs is 1. The van der Waals surface area contributed by atoms with E-state index < -0.39 is 0 Å². The molecule has 27 heavy (non-hydrogen) atoms. The van der Waals surface area contributed by atoms with Crippen LogP contribution >= 0.6 is 0 Å². The summed E-state index contributed by atoms with van der Waals surface area (Å²) in [5, 5.41) is 8.98. The number of rotatable bonds is 4. The van der Waals surface area contributed by atoms with Crippen molar-refractivity contribution in [3.05, 3.63) is 29.8 Å². The molecular formula is C21H29N3O3. The number of carbonyl (C=O) groups excluding carboxylic acids is 3. The Bertz CT molecular complexity index is 716. The maximum atomic E-state index is 12.5. The zero-order valence-electron chi connectivity index (χ0n) is 16.2. The summed E-state index contributed by atoms with van der Waals surface area (Å²) in [5.41, 5.74) is 1.24. The molecule has 0 aromatic heterocycles. The summed E-state index contributed by atoms with van der Waals surface area (Å²) < 4.78 is 0. The van der Waals surface area contributed by atoms with Gasteiger partial charge in [0, 0.05) is 36.2 Å². The first kappa shape index (κ1) is 19.4. The van der Waals surface area contributed by atoms with Crippen LogP contribution in [-0.2, 0) is 9.59 Å². The minimum Gasteiger partial charge on any atom is -0.353 e. The van der Waals surface area contributed by atoms with Crippen molar-refractivity contribution in [3.63, 3.8) is 0 Å². The molecule has 1 saturated heterocycles. The van der Waals surface area contributed by atoms with Crippen LogP contribution in [0.25, 0.3) is 0 Å². The Morgan fingerprint density at radius 3 is 2.52 bits per heavy atom. The first-order chi connectivity index (χ1) is 12.9. The van der Waals surface area contributed by atoms with Gasteiger partial charge >= 0.3 is 0 Å². The molecule has 1 aromatic rings. The minimum atomic E-state index is -0.141. The molecule has 3 N–H and O–H groups in total. The van der Waals surface area contributed by atoms with Gasteiger partial charge < -0.3 is 16.0 Å². The Hall–Kier alpha value is -2.37. The molecule has 2 aliphatic rings. The van der Waals surface area contributed by atoms with Crippen LogP contribution in [0.3, 0.4) is 0 Å². The van der Waals surface area contributed by atoms with Gasteiger partial charge in [-0.1, -0.05) is 13.8 Å². The molecule has 2 fully saturated rings. The van der Waals surface area contributed by atoms with Gasteiger partial charge in [0.15, 0.2) is 0 Å². The smallest absolute Gasteiger partial charge is 0.251 e. The molecule has 0 radical (unpaired) electrons. The molecule has 1 saturated carbocycles. The maximum absolute atomic E-state index is 12.5. The van der Waals surface area contributed by atoms with Crippen LogP contribution in [0.4, 0.5) is 5.69 Å². The lowest BCUT2D eigenvalue weighted by atomic mass is 9.67. The van der Waals surface area contributed by atoms with E-state index in [1.807, 2.05) is 0 Å². The van der Waals surface area contributed by atoms with E-state index in [9.17, 15) is 14.4 Å². The molecule has 0 bridgehead atoms. The molecule has 1 aliphatic carbocycles. The van der Waals surface area contributed by atoms with Gasteiger partial charge in [-0.05, 0) is 61.8 Å². The van der Waals surface area contributed by atoms with Gasteiger partial charge in [-0.15, -0.1) is 0 Å². The Balaban J connectivity index is 1.58. The van der Waals surface area contributed by atoms with E-state index in [-0.39, 0.29) is 35.7 Å². The second kappa shape index (κ2) is 8.11. The fraction of sp³-hybridized carbons (Fsp3) is 0.571. The molecule has 5 atom stereocenters. The molecule has 1 aliphatic heterocycles. The van der Waals surface area contributed by atoms with E-state index in [2.05, 4.69) is 29.8 Å². The van der Waals surface area contributed by atoms with Crippen molar-refractivity contribution >= 4 is 23.4 Å². The highest BCUT2D eigenvalue weighted by molar-refractivity contribution is 5.95. The summed E-state index contributed by atoms with van der Waals surface area (Å²) in [6.07, 6.45) is 3.63. The molecule has 6 nitrogen and oxygen atoms in total. The van der Waals surface area contributed by atoms with Crippen molar-refractivity contribution in [2.45, 2.75) is 58.5 Å². The zero-order chi connectivity index (χ0) is 19.6. The summed E-state index contributed by atoms with van der Waals surface area (Å²) in [5.74, 6) is 0.906. The van der Waals surface area contributed by atoms with Crippen molar-refractivity contribution in [3.8, 4) is 0 Å². The normalized spacial score (nSPS) is 30.0. The van der Waals surface area contributed by atoms with Crippen LogP contribution in [0.5, 0.6) is 0 Å². The van der Waals surface area contributed by atoms with Gasteiger partial charge in [-0.2, -0.15) is 0 Å². The second-order valence-electron chi connectivity index (χ2n) is 7.89. The molecule has 1 aromatic carbocycles. The van der Waals surface area contributed by atoms with E-state index in [4.69, 9.17) is 0 Å². The highest BCUT2D eigenvalue weighted by Gasteiger charge is 2.43. The second-order valence-corrected chi connectivity index (χ2v) is 7.89. The Morgan fingerprint density at radius 1 is 1.19 bits per heavy atom. The first-order valence-corrected chi connectivity index (χ1v) is 9.88. The van der Waals surface area contributed by atoms with Crippen LogP contribution < -0.4 is 16.0 Å². The fourth-order valence-corrected chi connectivity index (χ4v) is 4.68. The number of hydrogen-bond donors (Lipinski definition) is 3. The van der Waals surface area contributed by atoms with E-state index in [0.29, 0.717) is 23.1 Å². The topological polar surface area (TPSA) is 87.3 Å². The molecular weight excluding hydrogens is 342 g/mol. The number of hydrogen-bond acceptors (Lipinski definition) is 3. The highest BCUT2D eigenvalue weighted by Crippen LogP contribution is 2.38. The van der Waals surface area contributed by atoms with Crippen molar-refractivity contribution in [2.75, 3.05) is 5.32 Å². The Morgan fingerprint density at radius 2 is 1.89 bits per heavy atom. The first-order valence-electron chi connectivity index (χ1n) is 9.88. The SMILES string of the molecule is CCC1C(=O)NC2CC(NC(=O)c3ccc(NC(C)=O)cc3)CCC2C1C. The quantitative estimate of drug-likeness (QED) is 0.760. The molecule has 5 unspecified atom stereocenters. The van der Waals surface area contributed by atoms with Crippen LogP contribution in [0, 0.1) is 17.8 Å². The number of benzene rings is 1. The van der Waals surface area contributed by atoms with E-state index >= 15 is 0 Å². The molecule has 6 heteroatoms. The third-order valence-electron chi connectivity index (χ3n) is 6.12. The summed E-state index contributed by atoms with van der Waals surface area (Å²) in [7, 11) is 0. The number of nitrogens with one attached hydrogen (secondary N) is 3. The van der Waals surface area contributed by atoms with Crippen molar-refractivity contribution in [2.24, 2.45) is 17.8 Å². The highest BCUT2D eigenvalue weighted by atomic mass is 16.2. The van der Waals surface area contributed by atoms with Crippen molar-refractivity contribution in [1.82, 2.24) is 10.6 Å². The third kappa shape index (κ3) is 4.31. The summed E-state index contributed by atoms with van der Waals surface area (Å²) >= 11 is 0. The van der Waals surface area contributed by atoms with Gasteiger partial charge in [-0.25, -0.2) is 0 Å². The number of carbonyl (C=O) groups is 3. The zero-order valence-corrected chi connectivity index (χ0v) is 16.2. The monoisotopic (exact) mass is 371 g/mol. The Labute approximate surface area is 160 Å². The lowest BCUT2D eigenvalue weighted by molar-refractivity contribution is -0.133. The molecule has 3 rings (SSSR count). The summed E-state index contributed by atoms with van der Waals surface area (Å²) in [6, 6.07) is 7.09. The fourth-order valence-electron chi connectivity index (χ4n) is 4.68.